The summed E-state index contributed by atoms with van der Waals surface area (Å²) in [4.78, 5) is 89.3. The van der Waals surface area contributed by atoms with Crippen LogP contribution in [0.25, 0.3) is 0 Å². The third kappa shape index (κ3) is 12.8. The van der Waals surface area contributed by atoms with Crippen molar-refractivity contribution in [2.24, 2.45) is 0 Å². The van der Waals surface area contributed by atoms with Gasteiger partial charge in [0.1, 0.15) is 19.0 Å². The first-order chi connectivity index (χ1) is 40.1. The van der Waals surface area contributed by atoms with Crippen molar-refractivity contribution in [3.8, 4) is 17.2 Å². The van der Waals surface area contributed by atoms with Crippen LogP contribution in [-0.4, -0.2) is 140 Å². The number of carbonyl (C=O) groups is 6. The highest BCUT2D eigenvalue weighted by atomic mass is 33.1. The summed E-state index contributed by atoms with van der Waals surface area (Å²) in [7, 11) is 3.45. The van der Waals surface area contributed by atoms with Crippen LogP contribution in [0.5, 0.6) is 17.2 Å². The topological polar surface area (TPSA) is 225 Å². The number of ether oxygens (including phenoxy) is 3. The van der Waals surface area contributed by atoms with Gasteiger partial charge in [0.05, 0.1) is 46.9 Å². The fraction of sp³-hybridized carbons (Fsp3) is 0.410. The molecule has 5 aromatic rings. The number of likely N-dealkylation sites (tertiary alicyclic amines) is 1. The second kappa shape index (κ2) is 25.0. The summed E-state index contributed by atoms with van der Waals surface area (Å²) in [5, 5.41) is 3.28. The van der Waals surface area contributed by atoms with E-state index in [0.717, 1.165) is 57.1 Å². The molecule has 0 saturated carbocycles. The minimum absolute atomic E-state index is 0.0133. The number of hydrogen-bond acceptors (Lipinski definition) is 16. The van der Waals surface area contributed by atoms with Crippen LogP contribution in [0, 0.1) is 6.92 Å². The van der Waals surface area contributed by atoms with Crippen molar-refractivity contribution in [1.82, 2.24) is 10.2 Å². The number of amides is 6. The summed E-state index contributed by atoms with van der Waals surface area (Å²) in [6.07, 6.45) is 3.64. The van der Waals surface area contributed by atoms with E-state index in [-0.39, 0.29) is 92.9 Å². The van der Waals surface area contributed by atoms with Crippen LogP contribution in [0.15, 0.2) is 91.0 Å². The Morgan fingerprint density at radius 1 is 0.762 bits per heavy atom. The first-order valence-electron chi connectivity index (χ1n) is 27.8. The fourth-order valence-electron chi connectivity index (χ4n) is 11.7. The summed E-state index contributed by atoms with van der Waals surface area (Å²) in [5.41, 5.74) is 9.45. The van der Waals surface area contributed by atoms with Gasteiger partial charge in [-0.25, -0.2) is 0 Å². The highest BCUT2D eigenvalue weighted by molar-refractivity contribution is 8.77. The molecule has 10 rings (SSSR count). The van der Waals surface area contributed by atoms with Gasteiger partial charge in [0.15, 0.2) is 16.7 Å². The molecule has 5 heterocycles. The van der Waals surface area contributed by atoms with Gasteiger partial charge >= 0.3 is 0 Å². The van der Waals surface area contributed by atoms with Crippen LogP contribution in [0.3, 0.4) is 0 Å². The third-order valence-electron chi connectivity index (χ3n) is 16.0. The minimum atomic E-state index is -4.79. The number of aryl methyl sites for hydroxylation is 1. The number of para-hydroxylation sites is 2. The molecule has 0 spiro atoms. The lowest BCUT2D eigenvalue weighted by Gasteiger charge is -2.25. The van der Waals surface area contributed by atoms with Gasteiger partial charge < -0.3 is 44.4 Å². The van der Waals surface area contributed by atoms with Crippen LogP contribution < -0.4 is 44.4 Å². The normalized spacial score (nSPS) is 18.5. The lowest BCUT2D eigenvalue weighted by Crippen LogP contribution is -2.44. The Balaban J connectivity index is 0.818. The second-order valence-corrected chi connectivity index (χ2v) is 28.2. The maximum Gasteiger partial charge on any atom is 0.276 e. The van der Waals surface area contributed by atoms with E-state index in [1.54, 1.807) is 12.3 Å². The molecule has 1 saturated heterocycles. The maximum atomic E-state index is 14.3. The molecule has 4 atom stereocenters. The maximum absolute atomic E-state index is 14.3. The number of methoxy groups -OCH3 is 1. The third-order valence-corrected chi connectivity index (χ3v) is 21.5. The van der Waals surface area contributed by atoms with Crippen LogP contribution in [-0.2, 0) is 55.4 Å². The molecule has 3 N–H and O–H groups in total. The average molecular weight is 1220 g/mol. The summed E-state index contributed by atoms with van der Waals surface area (Å²) in [6.45, 7) is 6.95. The molecule has 6 amide bonds. The van der Waals surface area contributed by atoms with Crippen molar-refractivity contribution in [1.29, 1.82) is 0 Å². The molecule has 5 aromatic carbocycles. The van der Waals surface area contributed by atoms with Gasteiger partial charge in [0.2, 0.25) is 23.6 Å². The summed E-state index contributed by atoms with van der Waals surface area (Å²) >= 11 is 1.26. The molecule has 19 nitrogen and oxygen atoms in total. The quantitative estimate of drug-likeness (QED) is 0.0256. The number of thioether (sulfide) groups is 1. The number of hydrogen-bond donors (Lipinski definition) is 3. The molecular formula is C61H69N7O12S4. The Hall–Kier alpha value is -6.92. The van der Waals surface area contributed by atoms with Crippen LogP contribution >= 0.6 is 33.3 Å². The molecule has 0 radical (unpaired) electrons. The van der Waals surface area contributed by atoms with E-state index in [9.17, 15) is 41.7 Å². The lowest BCUT2D eigenvalue weighted by atomic mass is 10.1. The molecule has 0 aliphatic carbocycles. The number of likely N-dealkylation sites (N-methyl/N-ethyl adjacent to an activating group) is 2. The van der Waals surface area contributed by atoms with Gasteiger partial charge in [-0.3, -0.25) is 38.2 Å². The second-order valence-electron chi connectivity index (χ2n) is 22.5. The molecule has 0 bridgehead atoms. The molecule has 0 aromatic heterocycles. The van der Waals surface area contributed by atoms with Crippen LogP contribution in [0.1, 0.15) is 88.1 Å². The Bertz CT molecular complexity index is 3550. The largest absolute Gasteiger partial charge is 0.493 e. The number of rotatable bonds is 22. The highest BCUT2D eigenvalue weighted by Gasteiger charge is 2.42. The summed E-state index contributed by atoms with van der Waals surface area (Å²) < 4.78 is 53.2. The monoisotopic (exact) mass is 1220 g/mol. The predicted molar refractivity (Wildman–Crippen MR) is 331 cm³/mol. The van der Waals surface area contributed by atoms with Crippen molar-refractivity contribution in [2.75, 3.05) is 84.3 Å². The van der Waals surface area contributed by atoms with Gasteiger partial charge in [0, 0.05) is 92.8 Å². The van der Waals surface area contributed by atoms with Gasteiger partial charge in [-0.15, -0.1) is 0 Å². The first kappa shape index (κ1) is 60.2. The lowest BCUT2D eigenvalue weighted by molar-refractivity contribution is -0.138. The van der Waals surface area contributed by atoms with Gasteiger partial charge in [0.25, 0.3) is 21.9 Å². The van der Waals surface area contributed by atoms with Crippen molar-refractivity contribution >= 4 is 107 Å². The van der Waals surface area contributed by atoms with E-state index >= 15 is 0 Å². The molecule has 1 fully saturated rings. The number of nitrogens with one attached hydrogen (secondary N) is 2. The van der Waals surface area contributed by atoms with Crippen LogP contribution in [0.4, 0.5) is 28.4 Å². The van der Waals surface area contributed by atoms with Crippen molar-refractivity contribution in [3.05, 3.63) is 130 Å². The zero-order chi connectivity index (χ0) is 59.8. The van der Waals surface area contributed by atoms with Crippen molar-refractivity contribution in [3.63, 3.8) is 0 Å². The molecular weight excluding hydrogens is 1150 g/mol. The minimum Gasteiger partial charge on any atom is -0.493 e. The molecule has 5 aliphatic heterocycles. The number of nitrogens with zero attached hydrogens (tertiary/aromatic N) is 5. The summed E-state index contributed by atoms with van der Waals surface area (Å²) in [5.74, 6) is -0.493. The smallest absolute Gasteiger partial charge is 0.276 e. The Morgan fingerprint density at radius 3 is 1.90 bits per heavy atom. The molecule has 2 unspecified atom stereocenters. The number of carbonyl (C=O) groups excluding carboxylic acids is 6. The highest BCUT2D eigenvalue weighted by Crippen LogP contribution is 2.44. The van der Waals surface area contributed by atoms with Gasteiger partial charge in [-0.05, 0) is 123 Å². The number of anilines is 5. The molecule has 5 aliphatic rings. The zero-order valence-corrected chi connectivity index (χ0v) is 51.2. The van der Waals surface area contributed by atoms with Gasteiger partial charge in [-0.2, -0.15) is 20.2 Å². The van der Waals surface area contributed by atoms with E-state index in [1.807, 2.05) is 117 Å². The molecule has 444 valence electrons. The number of imide groups is 1. The van der Waals surface area contributed by atoms with Gasteiger partial charge in [-0.1, -0.05) is 58.0 Å². The zero-order valence-electron chi connectivity index (χ0n) is 48.0. The number of benzene rings is 5. The average Bonchev–Trinajstić information content (AvgIpc) is 1.81. The summed E-state index contributed by atoms with van der Waals surface area (Å²) in [6, 6.07) is 29.0. The standard InChI is InChI=1S/C61H69N7O12S4/c1-36-22-44-48(64(4)32-42-26-39-12-8-10-14-46(39)67(42)58(44)72)29-50(36)79-34-37-23-38(35-80-52-30-49-45(28-51(52)78-6)59(73)68-43(33-65(49)5)27-40-13-9-11-15-47(40)68)25-41(24-37)63-55(69)16-18-61(2,3)83-82-21-17-54(84(75,76)77)57(71)62-19-20-66-56(70)31-53(81-7)60(66)74/h8-15,22-25,28-30,42-43,53-54H,16-21,26-27,31-35H2,1-7H3,(H,62,71)(H,63,69)(H,75,76,77)/t42-,43-,53?,54?/m0/s1. The molecule has 84 heavy (non-hydrogen) atoms. The van der Waals surface area contributed by atoms with E-state index in [4.69, 9.17) is 14.2 Å². The van der Waals surface area contributed by atoms with Crippen molar-refractivity contribution < 1.29 is 55.9 Å². The van der Waals surface area contributed by atoms with E-state index in [0.29, 0.717) is 64.8 Å². The first-order valence-corrected chi connectivity index (χ1v) is 32.9. The molecule has 23 heteroatoms. The Morgan fingerprint density at radius 2 is 1.33 bits per heavy atom. The Labute approximate surface area is 502 Å². The SMILES string of the molecule is COc1cc2c(cc1OCc1cc(COc3cc4c(cc3C)C(=O)N3c5ccccc5C[C@H]3CN4C)cc(NC(=O)CCC(C)(C)SSCCC(C(=O)NCCN3C(=O)CC(SC)C3=O)S(=O)(=O)O)c1)N(C)C[C@@H]1Cc3ccccc3N1C2=O. The number of fused-ring (bicyclic) bond motifs is 8. The fourth-order valence-corrected chi connectivity index (χ4v) is 16.0. The van der Waals surface area contributed by atoms with E-state index in [1.165, 1.54) is 40.5 Å². The predicted octanol–water partition coefficient (Wildman–Crippen LogP) is 8.34. The van der Waals surface area contributed by atoms with E-state index < -0.39 is 31.3 Å². The Kier molecular flexibility index (Phi) is 17.9. The van der Waals surface area contributed by atoms with E-state index in [2.05, 4.69) is 32.6 Å². The van der Waals surface area contributed by atoms with Crippen molar-refractivity contribution in [2.45, 2.75) is 99.8 Å². The van der Waals surface area contributed by atoms with Crippen LogP contribution in [0.2, 0.25) is 0 Å².